The highest BCUT2D eigenvalue weighted by Crippen LogP contribution is 2.20. The van der Waals surface area contributed by atoms with Gasteiger partial charge in [0.05, 0.1) is 11.4 Å². The normalized spacial score (nSPS) is 27.0. The van der Waals surface area contributed by atoms with E-state index in [4.69, 9.17) is 0 Å². The van der Waals surface area contributed by atoms with Crippen molar-refractivity contribution in [2.24, 2.45) is 0 Å². The smallest absolute Gasteiger partial charge is 0.223 e. The van der Waals surface area contributed by atoms with Gasteiger partial charge in [0.25, 0.3) is 0 Å². The number of hydrogen-bond donors (Lipinski definition) is 1. The molecule has 1 atom stereocenters. The number of sulfone groups is 1. The largest absolute Gasteiger partial charge is 0.388 e. The summed E-state index contributed by atoms with van der Waals surface area (Å²) in [5.74, 6) is -0.317. The number of β-amino-alcohol motifs (C(OH)–C–C–N with tert-alkyl or cyclic N) is 1. The quantitative estimate of drug-likeness (QED) is 0.709. The van der Waals surface area contributed by atoms with E-state index in [-0.39, 0.29) is 18.1 Å². The molecule has 1 N–H and O–H groups in total. The fraction of sp³-hybridized carbons (Fsp3) is 0.889. The van der Waals surface area contributed by atoms with Crippen molar-refractivity contribution < 1.29 is 18.3 Å². The van der Waals surface area contributed by atoms with Crippen LogP contribution in [-0.4, -0.2) is 55.0 Å². The minimum Gasteiger partial charge on any atom is -0.388 e. The molecule has 88 valence electrons. The maximum atomic E-state index is 11.5. The predicted molar refractivity (Wildman–Crippen MR) is 56.1 cm³/mol. The Bertz CT molecular complexity index is 347. The Labute approximate surface area is 90.0 Å². The Morgan fingerprint density at radius 2 is 2.13 bits per heavy atom. The number of nitrogens with zero attached hydrogens (tertiary/aromatic N) is 1. The average Bonchev–Trinajstić information content (AvgIpc) is 2.40. The third kappa shape index (κ3) is 4.17. The van der Waals surface area contributed by atoms with E-state index in [1.54, 1.807) is 6.92 Å². The maximum absolute atomic E-state index is 11.5. The third-order valence-corrected chi connectivity index (χ3v) is 3.44. The van der Waals surface area contributed by atoms with E-state index in [2.05, 4.69) is 0 Å². The van der Waals surface area contributed by atoms with Gasteiger partial charge in [-0.3, -0.25) is 4.79 Å². The number of rotatable bonds is 3. The summed E-state index contributed by atoms with van der Waals surface area (Å²) < 4.78 is 21.7. The predicted octanol–water partition coefficient (Wildman–Crippen LogP) is -0.596. The molecule has 0 aromatic carbocycles. The van der Waals surface area contributed by atoms with Gasteiger partial charge in [0.2, 0.25) is 5.91 Å². The van der Waals surface area contributed by atoms with Gasteiger partial charge in [-0.25, -0.2) is 8.42 Å². The van der Waals surface area contributed by atoms with Gasteiger partial charge in [-0.2, -0.15) is 0 Å². The molecule has 1 rings (SSSR count). The van der Waals surface area contributed by atoms with Gasteiger partial charge in [-0.1, -0.05) is 0 Å². The van der Waals surface area contributed by atoms with Gasteiger partial charge in [0.15, 0.2) is 0 Å². The Hall–Kier alpha value is -0.620. The standard InChI is InChI=1S/C9H17NO4S/c1-9(12)4-5-10(7-9)8(11)3-6-15(2,13)14/h12H,3-7H2,1-2H3. The first-order chi connectivity index (χ1) is 6.70. The lowest BCUT2D eigenvalue weighted by Gasteiger charge is -2.18. The first-order valence-corrected chi connectivity index (χ1v) is 6.94. The summed E-state index contributed by atoms with van der Waals surface area (Å²) in [6, 6.07) is 0. The summed E-state index contributed by atoms with van der Waals surface area (Å²) >= 11 is 0. The Morgan fingerprint density at radius 3 is 2.53 bits per heavy atom. The molecule has 1 fully saturated rings. The second kappa shape index (κ2) is 4.09. The second-order valence-electron chi connectivity index (χ2n) is 4.44. The minimum atomic E-state index is -3.09. The van der Waals surface area contributed by atoms with Crippen LogP contribution in [0.15, 0.2) is 0 Å². The van der Waals surface area contributed by atoms with Crippen molar-refractivity contribution in [1.82, 2.24) is 4.90 Å². The van der Waals surface area contributed by atoms with Gasteiger partial charge >= 0.3 is 0 Å². The highest BCUT2D eigenvalue weighted by atomic mass is 32.2. The summed E-state index contributed by atoms with van der Waals surface area (Å²) in [6.45, 7) is 2.49. The van der Waals surface area contributed by atoms with Crippen LogP contribution in [0.3, 0.4) is 0 Å². The lowest BCUT2D eigenvalue weighted by Crippen LogP contribution is -2.34. The number of carbonyl (C=O) groups excluding carboxylic acids is 1. The molecule has 1 heterocycles. The minimum absolute atomic E-state index is 0.00884. The second-order valence-corrected chi connectivity index (χ2v) is 6.70. The topological polar surface area (TPSA) is 74.7 Å². The van der Waals surface area contributed by atoms with Crippen LogP contribution in [0.1, 0.15) is 19.8 Å². The number of hydrogen-bond acceptors (Lipinski definition) is 4. The zero-order valence-electron chi connectivity index (χ0n) is 9.06. The number of likely N-dealkylation sites (tertiary alicyclic amines) is 1. The number of aliphatic hydroxyl groups is 1. The molecule has 0 saturated carbocycles. The molecule has 1 saturated heterocycles. The van der Waals surface area contributed by atoms with Crippen LogP contribution in [0.4, 0.5) is 0 Å². The summed E-state index contributed by atoms with van der Waals surface area (Å²) in [6.07, 6.45) is 1.67. The molecule has 1 unspecified atom stereocenters. The van der Waals surface area contributed by atoms with Crippen molar-refractivity contribution in [2.45, 2.75) is 25.4 Å². The first kappa shape index (κ1) is 12.4. The molecular weight excluding hydrogens is 218 g/mol. The van der Waals surface area contributed by atoms with Crippen LogP contribution < -0.4 is 0 Å². The van der Waals surface area contributed by atoms with Gasteiger partial charge in [-0.05, 0) is 13.3 Å². The average molecular weight is 235 g/mol. The van der Waals surface area contributed by atoms with E-state index in [1.807, 2.05) is 0 Å². The molecule has 0 aliphatic carbocycles. The van der Waals surface area contributed by atoms with Gasteiger partial charge in [-0.15, -0.1) is 0 Å². The summed E-state index contributed by atoms with van der Waals surface area (Å²) in [5.41, 5.74) is -0.819. The number of carbonyl (C=O) groups is 1. The van der Waals surface area contributed by atoms with Crippen LogP contribution in [0.25, 0.3) is 0 Å². The van der Waals surface area contributed by atoms with E-state index in [1.165, 1.54) is 4.90 Å². The van der Waals surface area contributed by atoms with Crippen molar-refractivity contribution in [1.29, 1.82) is 0 Å². The van der Waals surface area contributed by atoms with Crippen LogP contribution in [0.2, 0.25) is 0 Å². The molecule has 1 aliphatic rings. The zero-order valence-corrected chi connectivity index (χ0v) is 9.88. The van der Waals surface area contributed by atoms with E-state index in [9.17, 15) is 18.3 Å². The Morgan fingerprint density at radius 1 is 1.53 bits per heavy atom. The van der Waals surface area contributed by atoms with E-state index in [0.717, 1.165) is 6.26 Å². The fourth-order valence-corrected chi connectivity index (χ4v) is 2.13. The van der Waals surface area contributed by atoms with Crippen LogP contribution >= 0.6 is 0 Å². The zero-order chi connectivity index (χ0) is 11.7. The highest BCUT2D eigenvalue weighted by molar-refractivity contribution is 7.90. The molecule has 5 nitrogen and oxygen atoms in total. The number of amides is 1. The summed E-state index contributed by atoms with van der Waals surface area (Å²) in [4.78, 5) is 13.0. The molecular formula is C9H17NO4S. The molecule has 0 aromatic heterocycles. The first-order valence-electron chi connectivity index (χ1n) is 4.87. The molecule has 1 amide bonds. The van der Waals surface area contributed by atoms with Crippen molar-refractivity contribution in [2.75, 3.05) is 25.1 Å². The van der Waals surface area contributed by atoms with Crippen LogP contribution in [-0.2, 0) is 14.6 Å². The molecule has 0 bridgehead atoms. The van der Waals surface area contributed by atoms with Crippen molar-refractivity contribution in [3.63, 3.8) is 0 Å². The van der Waals surface area contributed by atoms with Crippen LogP contribution in [0.5, 0.6) is 0 Å². The van der Waals surface area contributed by atoms with Gasteiger partial charge in [0, 0.05) is 25.8 Å². The SMILES string of the molecule is CC1(O)CCN(C(=O)CCS(C)(=O)=O)C1. The summed E-state index contributed by atoms with van der Waals surface area (Å²) in [7, 11) is -3.09. The van der Waals surface area contributed by atoms with E-state index < -0.39 is 15.4 Å². The maximum Gasteiger partial charge on any atom is 0.223 e. The van der Waals surface area contributed by atoms with Gasteiger partial charge < -0.3 is 10.0 Å². The molecule has 0 spiro atoms. The van der Waals surface area contributed by atoms with Crippen molar-refractivity contribution >= 4 is 15.7 Å². The van der Waals surface area contributed by atoms with Crippen molar-refractivity contribution in [3.05, 3.63) is 0 Å². The molecule has 1 aliphatic heterocycles. The van der Waals surface area contributed by atoms with E-state index >= 15 is 0 Å². The Kier molecular flexibility index (Phi) is 3.40. The highest BCUT2D eigenvalue weighted by Gasteiger charge is 2.33. The molecule has 0 radical (unpaired) electrons. The van der Waals surface area contributed by atoms with Gasteiger partial charge in [0.1, 0.15) is 9.84 Å². The molecule has 0 aromatic rings. The summed E-state index contributed by atoms with van der Waals surface area (Å²) in [5, 5.41) is 9.63. The lowest BCUT2D eigenvalue weighted by molar-refractivity contribution is -0.130. The molecule has 6 heteroatoms. The molecule has 15 heavy (non-hydrogen) atoms. The fourth-order valence-electron chi connectivity index (χ4n) is 1.59. The Balaban J connectivity index is 2.43. The van der Waals surface area contributed by atoms with Crippen molar-refractivity contribution in [3.8, 4) is 0 Å². The third-order valence-electron chi connectivity index (χ3n) is 2.49. The lowest BCUT2D eigenvalue weighted by atomic mass is 10.1. The van der Waals surface area contributed by atoms with E-state index in [0.29, 0.717) is 19.5 Å². The monoisotopic (exact) mass is 235 g/mol. The van der Waals surface area contributed by atoms with Crippen LogP contribution in [0, 0.1) is 0 Å².